The van der Waals surface area contributed by atoms with Crippen LogP contribution in [0.4, 0.5) is 5.95 Å². The Balaban J connectivity index is 2.29. The van der Waals surface area contributed by atoms with E-state index in [1.165, 1.54) is 0 Å². The number of rotatable bonds is 4. The number of hydrogen-bond acceptors (Lipinski definition) is 4. The number of hydrogen-bond donors (Lipinski definition) is 1. The van der Waals surface area contributed by atoms with E-state index in [0.29, 0.717) is 32.1 Å². The summed E-state index contributed by atoms with van der Waals surface area (Å²) in [6.45, 7) is 2.69. The van der Waals surface area contributed by atoms with E-state index < -0.39 is 0 Å². The third-order valence-corrected chi connectivity index (χ3v) is 3.22. The Hall–Kier alpha value is -1.04. The first-order chi connectivity index (χ1) is 9.10. The summed E-state index contributed by atoms with van der Waals surface area (Å²) in [5.74, 6) is 1.36. The Labute approximate surface area is 129 Å². The lowest BCUT2D eigenvalue weighted by Gasteiger charge is -2.09. The largest absolute Gasteiger partial charge is 0.436 e. The molecule has 1 heterocycles. The standard InChI is InChI=1S/C12H10BrCl2N3O/c1-2-16-12-17-6-8(13)11(18-12)19-10-4-3-7(14)5-9(10)15/h3-6H,2H2,1H3,(H,16,17,18). The Morgan fingerprint density at radius 1 is 1.37 bits per heavy atom. The highest BCUT2D eigenvalue weighted by Crippen LogP contribution is 2.33. The van der Waals surface area contributed by atoms with Crippen molar-refractivity contribution < 1.29 is 4.74 Å². The van der Waals surface area contributed by atoms with Gasteiger partial charge in [-0.05, 0) is 41.1 Å². The summed E-state index contributed by atoms with van der Waals surface area (Å²) in [5, 5.41) is 3.98. The molecule has 0 aliphatic heterocycles. The van der Waals surface area contributed by atoms with Crippen LogP contribution in [0.5, 0.6) is 11.6 Å². The second kappa shape index (κ2) is 6.41. The van der Waals surface area contributed by atoms with E-state index in [4.69, 9.17) is 27.9 Å². The maximum Gasteiger partial charge on any atom is 0.238 e. The Bertz CT molecular complexity index is 595. The molecule has 7 heteroatoms. The van der Waals surface area contributed by atoms with Gasteiger partial charge in [0.15, 0.2) is 0 Å². The highest BCUT2D eigenvalue weighted by molar-refractivity contribution is 9.10. The first-order valence-corrected chi connectivity index (χ1v) is 7.04. The van der Waals surface area contributed by atoms with Crippen molar-refractivity contribution in [3.63, 3.8) is 0 Å². The molecule has 2 aromatic rings. The van der Waals surface area contributed by atoms with Gasteiger partial charge in [0.05, 0.1) is 15.7 Å². The molecule has 0 amide bonds. The number of benzene rings is 1. The number of halogens is 3. The second-order valence-electron chi connectivity index (χ2n) is 3.55. The minimum Gasteiger partial charge on any atom is -0.436 e. The fraction of sp³-hybridized carbons (Fsp3) is 0.167. The topological polar surface area (TPSA) is 47.0 Å². The molecule has 2 rings (SSSR count). The highest BCUT2D eigenvalue weighted by atomic mass is 79.9. The average molecular weight is 363 g/mol. The first kappa shape index (κ1) is 14.4. The molecular formula is C12H10BrCl2N3O. The molecule has 0 fully saturated rings. The van der Waals surface area contributed by atoms with E-state index in [0.717, 1.165) is 6.54 Å². The predicted octanol–water partition coefficient (Wildman–Crippen LogP) is 4.77. The third-order valence-electron chi connectivity index (χ3n) is 2.15. The zero-order chi connectivity index (χ0) is 13.8. The van der Waals surface area contributed by atoms with Crippen molar-refractivity contribution in [3.05, 3.63) is 38.9 Å². The van der Waals surface area contributed by atoms with Crippen LogP contribution in [-0.4, -0.2) is 16.5 Å². The quantitative estimate of drug-likeness (QED) is 0.850. The molecule has 0 aliphatic carbocycles. The van der Waals surface area contributed by atoms with Gasteiger partial charge in [-0.3, -0.25) is 0 Å². The van der Waals surface area contributed by atoms with E-state index in [1.807, 2.05) is 6.92 Å². The fourth-order valence-electron chi connectivity index (χ4n) is 1.33. The molecule has 0 radical (unpaired) electrons. The molecule has 1 aromatic heterocycles. The fourth-order valence-corrected chi connectivity index (χ4v) is 2.05. The van der Waals surface area contributed by atoms with Gasteiger partial charge in [0, 0.05) is 11.6 Å². The lowest BCUT2D eigenvalue weighted by atomic mass is 10.3. The van der Waals surface area contributed by atoms with Crippen LogP contribution in [0.25, 0.3) is 0 Å². The van der Waals surface area contributed by atoms with Crippen molar-refractivity contribution in [2.75, 3.05) is 11.9 Å². The number of nitrogens with zero attached hydrogens (tertiary/aromatic N) is 2. The molecule has 0 aliphatic rings. The summed E-state index contributed by atoms with van der Waals surface area (Å²) in [5.41, 5.74) is 0. The molecule has 0 saturated carbocycles. The summed E-state index contributed by atoms with van der Waals surface area (Å²) in [7, 11) is 0. The number of aromatic nitrogens is 2. The summed E-state index contributed by atoms with van der Waals surface area (Å²) < 4.78 is 6.29. The van der Waals surface area contributed by atoms with Crippen LogP contribution in [0.2, 0.25) is 10.0 Å². The van der Waals surface area contributed by atoms with Crippen LogP contribution in [-0.2, 0) is 0 Å². The minimum atomic E-state index is 0.384. The van der Waals surface area contributed by atoms with Crippen molar-refractivity contribution >= 4 is 45.1 Å². The molecule has 0 saturated heterocycles. The molecule has 4 nitrogen and oxygen atoms in total. The van der Waals surface area contributed by atoms with E-state index in [9.17, 15) is 0 Å². The molecule has 1 N–H and O–H groups in total. The van der Waals surface area contributed by atoms with Crippen LogP contribution in [0.1, 0.15) is 6.92 Å². The Morgan fingerprint density at radius 3 is 2.84 bits per heavy atom. The van der Waals surface area contributed by atoms with Crippen LogP contribution in [0.3, 0.4) is 0 Å². The number of anilines is 1. The summed E-state index contributed by atoms with van der Waals surface area (Å²) in [6.07, 6.45) is 1.62. The van der Waals surface area contributed by atoms with Crippen molar-refractivity contribution in [2.24, 2.45) is 0 Å². The van der Waals surface area contributed by atoms with Crippen molar-refractivity contribution in [1.82, 2.24) is 9.97 Å². The van der Waals surface area contributed by atoms with E-state index in [2.05, 4.69) is 31.2 Å². The van der Waals surface area contributed by atoms with E-state index in [-0.39, 0.29) is 0 Å². The zero-order valence-electron chi connectivity index (χ0n) is 9.95. The predicted molar refractivity (Wildman–Crippen MR) is 80.4 cm³/mol. The third kappa shape index (κ3) is 3.72. The minimum absolute atomic E-state index is 0.384. The monoisotopic (exact) mass is 361 g/mol. The maximum atomic E-state index is 6.05. The Kier molecular flexibility index (Phi) is 4.85. The molecule has 0 bridgehead atoms. The maximum absolute atomic E-state index is 6.05. The summed E-state index contributed by atoms with van der Waals surface area (Å²) in [6, 6.07) is 4.99. The van der Waals surface area contributed by atoms with Crippen molar-refractivity contribution in [3.8, 4) is 11.6 Å². The second-order valence-corrected chi connectivity index (χ2v) is 5.25. The lowest BCUT2D eigenvalue weighted by Crippen LogP contribution is -2.03. The molecule has 0 spiro atoms. The normalized spacial score (nSPS) is 10.3. The van der Waals surface area contributed by atoms with Crippen LogP contribution < -0.4 is 10.1 Å². The van der Waals surface area contributed by atoms with Gasteiger partial charge in [-0.25, -0.2) is 4.98 Å². The highest BCUT2D eigenvalue weighted by Gasteiger charge is 2.10. The smallest absolute Gasteiger partial charge is 0.238 e. The molecule has 1 aromatic carbocycles. The van der Waals surface area contributed by atoms with Crippen molar-refractivity contribution in [2.45, 2.75) is 6.92 Å². The van der Waals surface area contributed by atoms with Gasteiger partial charge in [-0.2, -0.15) is 4.98 Å². The van der Waals surface area contributed by atoms with Crippen molar-refractivity contribution in [1.29, 1.82) is 0 Å². The zero-order valence-corrected chi connectivity index (χ0v) is 13.1. The molecular weight excluding hydrogens is 353 g/mol. The van der Waals surface area contributed by atoms with Gasteiger partial charge in [0.2, 0.25) is 11.8 Å². The van der Waals surface area contributed by atoms with Gasteiger partial charge < -0.3 is 10.1 Å². The lowest BCUT2D eigenvalue weighted by molar-refractivity contribution is 0.459. The van der Waals surface area contributed by atoms with Gasteiger partial charge in [0.25, 0.3) is 0 Å². The summed E-state index contributed by atoms with van der Waals surface area (Å²) in [4.78, 5) is 8.34. The summed E-state index contributed by atoms with van der Waals surface area (Å²) >= 11 is 15.2. The van der Waals surface area contributed by atoms with Gasteiger partial charge in [0.1, 0.15) is 5.75 Å². The molecule has 0 unspecified atom stereocenters. The van der Waals surface area contributed by atoms with E-state index in [1.54, 1.807) is 24.4 Å². The number of nitrogens with one attached hydrogen (secondary N) is 1. The first-order valence-electron chi connectivity index (χ1n) is 5.49. The SMILES string of the molecule is CCNc1ncc(Br)c(Oc2ccc(Cl)cc2Cl)n1. The van der Waals surface area contributed by atoms with Gasteiger partial charge in [-0.1, -0.05) is 23.2 Å². The average Bonchev–Trinajstić information content (AvgIpc) is 2.37. The van der Waals surface area contributed by atoms with Crippen LogP contribution in [0, 0.1) is 0 Å². The van der Waals surface area contributed by atoms with Crippen LogP contribution >= 0.6 is 39.1 Å². The van der Waals surface area contributed by atoms with Crippen LogP contribution in [0.15, 0.2) is 28.9 Å². The molecule has 100 valence electrons. The molecule has 19 heavy (non-hydrogen) atoms. The van der Waals surface area contributed by atoms with E-state index >= 15 is 0 Å². The van der Waals surface area contributed by atoms with Gasteiger partial charge in [-0.15, -0.1) is 0 Å². The molecule has 0 atom stereocenters. The Morgan fingerprint density at radius 2 is 2.16 bits per heavy atom. The number of ether oxygens (including phenoxy) is 1. The van der Waals surface area contributed by atoms with Gasteiger partial charge >= 0.3 is 0 Å².